The second kappa shape index (κ2) is 7.92. The second-order valence-electron chi connectivity index (χ2n) is 8.55. The first kappa shape index (κ1) is 20.8. The summed E-state index contributed by atoms with van der Waals surface area (Å²) in [6, 6.07) is 27.3. The summed E-state index contributed by atoms with van der Waals surface area (Å²) in [6.45, 7) is 4.59. The molecule has 1 N–H and O–H groups in total. The van der Waals surface area contributed by atoms with Gasteiger partial charge >= 0.3 is 0 Å². The van der Waals surface area contributed by atoms with E-state index in [4.69, 9.17) is 23.2 Å². The van der Waals surface area contributed by atoms with Crippen molar-refractivity contribution in [3.8, 4) is 0 Å². The van der Waals surface area contributed by atoms with Crippen LogP contribution in [-0.2, 0) is 0 Å². The van der Waals surface area contributed by atoms with Gasteiger partial charge in [0.25, 0.3) is 0 Å². The second-order valence-corrected chi connectivity index (χ2v) is 10.4. The molecule has 162 valence electrons. The molecular formula is C29H21Cl2NS. The Hall–Kier alpha value is -2.78. The molecule has 0 bridgehead atoms. The van der Waals surface area contributed by atoms with Crippen LogP contribution in [-0.4, -0.2) is 0 Å². The first-order valence-electron chi connectivity index (χ1n) is 11.0. The maximum absolute atomic E-state index is 6.48. The molecule has 0 radical (unpaired) electrons. The van der Waals surface area contributed by atoms with Crippen molar-refractivity contribution in [1.82, 2.24) is 0 Å². The van der Waals surface area contributed by atoms with Gasteiger partial charge in [0.2, 0.25) is 0 Å². The molecule has 4 aromatic carbocycles. The van der Waals surface area contributed by atoms with Gasteiger partial charge in [-0.25, -0.2) is 0 Å². The maximum Gasteiger partial charge on any atom is 0.0763 e. The molecule has 1 heterocycles. The number of anilines is 2. The van der Waals surface area contributed by atoms with Crippen LogP contribution in [0, 0.1) is 5.92 Å². The number of para-hydroxylation sites is 2. The number of halogens is 2. The van der Waals surface area contributed by atoms with Crippen LogP contribution in [0.2, 0.25) is 10.0 Å². The molecule has 0 fully saturated rings. The lowest BCUT2D eigenvalue weighted by Gasteiger charge is -2.19. The van der Waals surface area contributed by atoms with Crippen LogP contribution in [0.3, 0.4) is 0 Å². The molecule has 4 heteroatoms. The molecule has 1 aliphatic carbocycles. The van der Waals surface area contributed by atoms with Crippen molar-refractivity contribution in [2.24, 2.45) is 5.92 Å². The normalized spacial score (nSPS) is 15.5. The van der Waals surface area contributed by atoms with Crippen molar-refractivity contribution in [2.75, 3.05) is 5.32 Å². The minimum atomic E-state index is 0.300. The molecule has 1 aromatic heterocycles. The highest BCUT2D eigenvalue weighted by Crippen LogP contribution is 2.39. The highest BCUT2D eigenvalue weighted by molar-refractivity contribution is 7.25. The number of fused-ring (bicyclic) bond motifs is 5. The fourth-order valence-corrected chi connectivity index (χ4v) is 6.68. The Morgan fingerprint density at radius 1 is 0.788 bits per heavy atom. The quantitative estimate of drug-likeness (QED) is 0.272. The largest absolute Gasteiger partial charge is 0.353 e. The molecule has 0 aliphatic heterocycles. The monoisotopic (exact) mass is 485 g/mol. The lowest BCUT2D eigenvalue weighted by atomic mass is 9.91. The number of rotatable bonds is 3. The molecule has 0 spiro atoms. The van der Waals surface area contributed by atoms with Gasteiger partial charge in [0.1, 0.15) is 0 Å². The van der Waals surface area contributed by atoms with Gasteiger partial charge in [-0.1, -0.05) is 84.2 Å². The van der Waals surface area contributed by atoms with E-state index in [1.165, 1.54) is 47.3 Å². The summed E-state index contributed by atoms with van der Waals surface area (Å²) >= 11 is 14.8. The summed E-state index contributed by atoms with van der Waals surface area (Å²) in [5.74, 6) is 0.300. The van der Waals surface area contributed by atoms with Gasteiger partial charge in [0, 0.05) is 37.3 Å². The Kier molecular flexibility index (Phi) is 4.99. The molecule has 1 atom stereocenters. The van der Waals surface area contributed by atoms with E-state index in [1.807, 2.05) is 35.6 Å². The van der Waals surface area contributed by atoms with Crippen molar-refractivity contribution < 1.29 is 0 Å². The predicted molar refractivity (Wildman–Crippen MR) is 146 cm³/mol. The lowest BCUT2D eigenvalue weighted by Crippen LogP contribution is -2.24. The van der Waals surface area contributed by atoms with E-state index < -0.39 is 0 Å². The predicted octanol–water partition coefficient (Wildman–Crippen LogP) is 8.12. The Bertz CT molecular complexity index is 1680. The highest BCUT2D eigenvalue weighted by Gasteiger charge is 2.25. The van der Waals surface area contributed by atoms with Gasteiger partial charge in [-0.15, -0.1) is 11.3 Å². The van der Waals surface area contributed by atoms with Crippen molar-refractivity contribution in [1.29, 1.82) is 0 Å². The zero-order valence-corrected chi connectivity index (χ0v) is 20.6. The van der Waals surface area contributed by atoms with Gasteiger partial charge in [-0.3, -0.25) is 0 Å². The average Bonchev–Trinajstić information content (AvgIpc) is 3.32. The zero-order chi connectivity index (χ0) is 22.7. The third-order valence-electron chi connectivity index (χ3n) is 6.75. The smallest absolute Gasteiger partial charge is 0.0763 e. The van der Waals surface area contributed by atoms with Crippen LogP contribution in [0.1, 0.15) is 19.4 Å². The topological polar surface area (TPSA) is 12.0 Å². The van der Waals surface area contributed by atoms with Crippen LogP contribution in [0.4, 0.5) is 11.4 Å². The van der Waals surface area contributed by atoms with E-state index in [9.17, 15) is 0 Å². The van der Waals surface area contributed by atoms with Gasteiger partial charge in [0.15, 0.2) is 0 Å². The van der Waals surface area contributed by atoms with Crippen molar-refractivity contribution in [2.45, 2.75) is 13.8 Å². The Morgan fingerprint density at radius 3 is 2.33 bits per heavy atom. The van der Waals surface area contributed by atoms with E-state index in [2.05, 4.69) is 73.8 Å². The van der Waals surface area contributed by atoms with Crippen molar-refractivity contribution in [3.63, 3.8) is 0 Å². The number of thiophene rings is 1. The summed E-state index contributed by atoms with van der Waals surface area (Å²) in [6.07, 6.45) is 0. The van der Waals surface area contributed by atoms with Crippen LogP contribution in [0.15, 0.2) is 78.9 Å². The number of hydrogen-bond donors (Lipinski definition) is 1. The van der Waals surface area contributed by atoms with E-state index in [-0.39, 0.29) is 0 Å². The van der Waals surface area contributed by atoms with Gasteiger partial charge < -0.3 is 5.32 Å². The van der Waals surface area contributed by atoms with Crippen LogP contribution < -0.4 is 15.8 Å². The first-order valence-corrected chi connectivity index (χ1v) is 12.6. The van der Waals surface area contributed by atoms with Crippen LogP contribution >= 0.6 is 34.5 Å². The standard InChI is InChI=1S/C29H21Cl2NS/c1-16-17(2)27-20(14-15-25-28(27)19-9-4-6-13-24(19)33-25)26(16)18-8-3-5-12-23(18)32-29-21(30)10-7-11-22(29)31/h3-16,32H,1-2H3. The Morgan fingerprint density at radius 2 is 1.52 bits per heavy atom. The molecule has 5 aromatic rings. The summed E-state index contributed by atoms with van der Waals surface area (Å²) < 4.78 is 2.68. The van der Waals surface area contributed by atoms with E-state index in [0.29, 0.717) is 16.0 Å². The van der Waals surface area contributed by atoms with E-state index >= 15 is 0 Å². The fourth-order valence-electron chi connectivity index (χ4n) is 5.07. The molecule has 0 amide bonds. The minimum absolute atomic E-state index is 0.300. The van der Waals surface area contributed by atoms with Crippen molar-refractivity contribution in [3.05, 3.63) is 105 Å². The molecule has 0 saturated carbocycles. The maximum atomic E-state index is 6.48. The minimum Gasteiger partial charge on any atom is -0.353 e. The lowest BCUT2D eigenvalue weighted by molar-refractivity contribution is 0.986. The highest BCUT2D eigenvalue weighted by atomic mass is 35.5. The SMILES string of the molecule is CC1=c2c(ccc3sc4ccccc4c23)=C(c2ccccc2Nc2c(Cl)cccc2Cl)C1C. The number of nitrogens with one attached hydrogen (secondary N) is 1. The average molecular weight is 486 g/mol. The molecule has 6 rings (SSSR count). The summed E-state index contributed by atoms with van der Waals surface area (Å²) in [7, 11) is 0. The summed E-state index contributed by atoms with van der Waals surface area (Å²) in [4.78, 5) is 0. The van der Waals surface area contributed by atoms with Gasteiger partial charge in [-0.2, -0.15) is 0 Å². The molecule has 1 unspecified atom stereocenters. The van der Waals surface area contributed by atoms with Crippen molar-refractivity contribution >= 4 is 77.2 Å². The third-order valence-corrected chi connectivity index (χ3v) is 8.52. The number of benzene rings is 4. The zero-order valence-electron chi connectivity index (χ0n) is 18.2. The molecular weight excluding hydrogens is 465 g/mol. The molecule has 0 saturated heterocycles. The van der Waals surface area contributed by atoms with Crippen LogP contribution in [0.5, 0.6) is 0 Å². The van der Waals surface area contributed by atoms with Gasteiger partial charge in [-0.05, 0) is 53.3 Å². The van der Waals surface area contributed by atoms with Crippen LogP contribution in [0.25, 0.3) is 31.3 Å². The summed E-state index contributed by atoms with van der Waals surface area (Å²) in [5, 5.41) is 10.2. The number of hydrogen-bond acceptors (Lipinski definition) is 2. The Balaban J connectivity index is 1.65. The van der Waals surface area contributed by atoms with Gasteiger partial charge in [0.05, 0.1) is 15.7 Å². The van der Waals surface area contributed by atoms with E-state index in [1.54, 1.807) is 0 Å². The molecule has 1 aliphatic rings. The van der Waals surface area contributed by atoms with E-state index in [0.717, 1.165) is 11.4 Å². The summed E-state index contributed by atoms with van der Waals surface area (Å²) in [5.41, 5.74) is 5.67. The fraction of sp³-hybridized carbons (Fsp3) is 0.103. The Labute approximate surface area is 206 Å². The first-order chi connectivity index (χ1) is 16.0. The molecule has 33 heavy (non-hydrogen) atoms. The molecule has 1 nitrogen and oxygen atoms in total. The third kappa shape index (κ3) is 3.20.